The van der Waals surface area contributed by atoms with Gasteiger partial charge in [0.05, 0.1) is 6.61 Å². The average molecular weight is 286 g/mol. The zero-order chi connectivity index (χ0) is 13.7. The van der Waals surface area contributed by atoms with Crippen LogP contribution in [-0.2, 0) is 10.2 Å². The fourth-order valence-electron chi connectivity index (χ4n) is 1.07. The molecule has 9 heteroatoms. The Balaban J connectivity index is 0. The van der Waals surface area contributed by atoms with Gasteiger partial charge in [-0.3, -0.25) is 0 Å². The predicted molar refractivity (Wildman–Crippen MR) is 46.7 cm³/mol. The number of hydrogen-bond acceptors (Lipinski definition) is 1. The van der Waals surface area contributed by atoms with E-state index >= 15 is 0 Å². The minimum absolute atomic E-state index is 0. The molecule has 2 radical (unpaired) electrons. The van der Waals surface area contributed by atoms with Crippen molar-refractivity contribution in [3.05, 3.63) is 0 Å². The molecule has 0 heterocycles. The summed E-state index contributed by atoms with van der Waals surface area (Å²) in [5.41, 5.74) is 0. The second kappa shape index (κ2) is 7.13. The van der Waals surface area contributed by atoms with Crippen molar-refractivity contribution >= 4 is 0 Å². The zero-order valence-electron chi connectivity index (χ0n) is 9.50. The van der Waals surface area contributed by atoms with Crippen molar-refractivity contribution in [1.29, 1.82) is 0 Å². The maximum atomic E-state index is 12.8. The second-order valence-corrected chi connectivity index (χ2v) is 3.50. The predicted octanol–water partition coefficient (Wildman–Crippen LogP) is 4.25. The van der Waals surface area contributed by atoms with E-state index in [1.165, 1.54) is 0 Å². The molecule has 0 aromatic carbocycles. The Morgan fingerprint density at radius 2 is 1.22 bits per heavy atom. The smallest absolute Gasteiger partial charge is 0.332 e. The summed E-state index contributed by atoms with van der Waals surface area (Å²) >= 11 is 0. The molecular formula is C9H13F7O2. The molecule has 0 spiro atoms. The summed E-state index contributed by atoms with van der Waals surface area (Å²) in [6, 6.07) is 0. The van der Waals surface area contributed by atoms with Crippen LogP contribution < -0.4 is 0 Å². The third kappa shape index (κ3) is 4.97. The highest BCUT2D eigenvalue weighted by Crippen LogP contribution is 2.46. The molecule has 18 heavy (non-hydrogen) atoms. The van der Waals surface area contributed by atoms with Gasteiger partial charge in [0.25, 0.3) is 0 Å². The van der Waals surface area contributed by atoms with Crippen LogP contribution in [0.1, 0.15) is 32.6 Å². The molecule has 0 unspecified atom stereocenters. The van der Waals surface area contributed by atoms with Crippen LogP contribution in [0.15, 0.2) is 0 Å². The van der Waals surface area contributed by atoms with Crippen LogP contribution in [0, 0.1) is 0 Å². The van der Waals surface area contributed by atoms with Gasteiger partial charge in [0.2, 0.25) is 0 Å². The minimum atomic E-state index is -6.13. The summed E-state index contributed by atoms with van der Waals surface area (Å²) in [5, 5.41) is 0. The number of alkyl halides is 7. The lowest BCUT2D eigenvalue weighted by Gasteiger charge is -2.29. The van der Waals surface area contributed by atoms with Gasteiger partial charge in [-0.1, -0.05) is 26.2 Å². The standard InChI is InChI=1S/C9H13F7O.O/c1-2-3-4-5-6-17-7(10,8(11,12)13)9(14,15)16;/h2-6H2,1H3;. The lowest BCUT2D eigenvalue weighted by Crippen LogP contribution is -2.55. The van der Waals surface area contributed by atoms with Crippen molar-refractivity contribution in [2.75, 3.05) is 6.61 Å². The van der Waals surface area contributed by atoms with Gasteiger partial charge in [-0.25, -0.2) is 0 Å². The summed E-state index contributed by atoms with van der Waals surface area (Å²) in [4.78, 5) is 0. The van der Waals surface area contributed by atoms with Crippen LogP contribution in [0.3, 0.4) is 0 Å². The molecule has 0 saturated heterocycles. The zero-order valence-corrected chi connectivity index (χ0v) is 9.50. The molecule has 0 N–H and O–H groups in total. The minimum Gasteiger partial charge on any atom is -0.332 e. The van der Waals surface area contributed by atoms with E-state index in [9.17, 15) is 30.7 Å². The van der Waals surface area contributed by atoms with E-state index in [2.05, 4.69) is 4.74 Å². The topological polar surface area (TPSA) is 37.7 Å². The van der Waals surface area contributed by atoms with Crippen LogP contribution in [0.2, 0.25) is 0 Å². The van der Waals surface area contributed by atoms with E-state index in [1.807, 2.05) is 6.92 Å². The van der Waals surface area contributed by atoms with Crippen LogP contribution in [0.25, 0.3) is 0 Å². The lowest BCUT2D eigenvalue weighted by molar-refractivity contribution is -0.430. The van der Waals surface area contributed by atoms with E-state index in [-0.39, 0.29) is 11.9 Å². The molecule has 0 aromatic rings. The van der Waals surface area contributed by atoms with Gasteiger partial charge in [0, 0.05) is 5.48 Å². The summed E-state index contributed by atoms with van der Waals surface area (Å²) in [6.45, 7) is 0.890. The van der Waals surface area contributed by atoms with Crippen LogP contribution >= 0.6 is 0 Å². The SMILES string of the molecule is CCCCCCOC(F)(C(F)(F)F)C(F)(F)F.[O]. The molecule has 0 atom stereocenters. The Morgan fingerprint density at radius 3 is 1.56 bits per heavy atom. The van der Waals surface area contributed by atoms with E-state index in [0.717, 1.165) is 6.42 Å². The number of ether oxygens (including phenoxy) is 1. The van der Waals surface area contributed by atoms with Gasteiger partial charge in [-0.15, -0.1) is 0 Å². The second-order valence-electron chi connectivity index (χ2n) is 3.50. The molecule has 0 rings (SSSR count). The number of halogens is 7. The molecule has 0 aromatic heterocycles. The Morgan fingerprint density at radius 1 is 0.778 bits per heavy atom. The molecule has 0 aliphatic heterocycles. The normalized spacial score (nSPS) is 13.3. The van der Waals surface area contributed by atoms with E-state index in [1.54, 1.807) is 0 Å². The van der Waals surface area contributed by atoms with Crippen LogP contribution in [-0.4, -0.2) is 24.8 Å². The van der Waals surface area contributed by atoms with Gasteiger partial charge in [-0.2, -0.15) is 30.7 Å². The van der Waals surface area contributed by atoms with Crippen molar-refractivity contribution < 1.29 is 40.9 Å². The summed E-state index contributed by atoms with van der Waals surface area (Å²) in [5.74, 6) is -5.58. The van der Waals surface area contributed by atoms with Crippen LogP contribution in [0.4, 0.5) is 30.7 Å². The first-order valence-corrected chi connectivity index (χ1v) is 5.02. The van der Waals surface area contributed by atoms with Gasteiger partial charge in [0.15, 0.2) is 0 Å². The van der Waals surface area contributed by atoms with Crippen LogP contribution in [0.5, 0.6) is 0 Å². The molecule has 110 valence electrons. The highest BCUT2D eigenvalue weighted by atomic mass is 19.4. The Bertz CT molecular complexity index is 210. The van der Waals surface area contributed by atoms with Crippen molar-refractivity contribution in [3.63, 3.8) is 0 Å². The highest BCUT2D eigenvalue weighted by molar-refractivity contribution is 4.85. The molecule has 0 aliphatic carbocycles. The molecule has 0 fully saturated rings. The monoisotopic (exact) mass is 286 g/mol. The maximum Gasteiger partial charge on any atom is 0.458 e. The third-order valence-electron chi connectivity index (χ3n) is 2.03. The Labute approximate surface area is 99.4 Å². The lowest BCUT2D eigenvalue weighted by atomic mass is 10.2. The molecule has 0 saturated carbocycles. The van der Waals surface area contributed by atoms with Crippen molar-refractivity contribution in [2.45, 2.75) is 50.8 Å². The number of hydrogen-bond donors (Lipinski definition) is 0. The number of rotatable bonds is 6. The summed E-state index contributed by atoms with van der Waals surface area (Å²) < 4.78 is 88.0. The fourth-order valence-corrected chi connectivity index (χ4v) is 1.07. The van der Waals surface area contributed by atoms with E-state index < -0.39 is 24.8 Å². The third-order valence-corrected chi connectivity index (χ3v) is 2.03. The van der Waals surface area contributed by atoms with Crippen molar-refractivity contribution in [2.24, 2.45) is 0 Å². The first kappa shape index (κ1) is 19.8. The molecule has 0 aliphatic rings. The molecular weight excluding hydrogens is 273 g/mol. The number of unbranched alkanes of at least 4 members (excludes halogenated alkanes) is 3. The largest absolute Gasteiger partial charge is 0.458 e. The Hall–Kier alpha value is -0.570. The van der Waals surface area contributed by atoms with Gasteiger partial charge < -0.3 is 4.74 Å². The average Bonchev–Trinajstić information content (AvgIpc) is 2.13. The Kier molecular flexibility index (Phi) is 7.82. The van der Waals surface area contributed by atoms with Gasteiger partial charge in [0.1, 0.15) is 0 Å². The molecule has 2 nitrogen and oxygen atoms in total. The van der Waals surface area contributed by atoms with Crippen molar-refractivity contribution in [1.82, 2.24) is 0 Å². The van der Waals surface area contributed by atoms with Crippen molar-refractivity contribution in [3.8, 4) is 0 Å². The highest BCUT2D eigenvalue weighted by Gasteiger charge is 2.74. The van der Waals surface area contributed by atoms with E-state index in [0.29, 0.717) is 12.8 Å². The fraction of sp³-hybridized carbons (Fsp3) is 1.00. The maximum absolute atomic E-state index is 12.8. The summed E-state index contributed by atoms with van der Waals surface area (Å²) in [7, 11) is 0. The first-order valence-electron chi connectivity index (χ1n) is 5.02. The molecule has 0 amide bonds. The summed E-state index contributed by atoms with van der Waals surface area (Å²) in [6.07, 6.45) is -10.5. The van der Waals surface area contributed by atoms with Gasteiger partial charge in [-0.05, 0) is 6.42 Å². The quantitative estimate of drug-likeness (QED) is 0.531. The first-order chi connectivity index (χ1) is 7.56. The van der Waals surface area contributed by atoms with E-state index in [4.69, 9.17) is 0 Å². The van der Waals surface area contributed by atoms with Gasteiger partial charge >= 0.3 is 18.2 Å². The molecule has 0 bridgehead atoms.